The van der Waals surface area contributed by atoms with Gasteiger partial charge in [-0.3, -0.25) is 4.98 Å². The van der Waals surface area contributed by atoms with Crippen molar-refractivity contribution < 1.29 is 14.6 Å². The van der Waals surface area contributed by atoms with Gasteiger partial charge in [0.2, 0.25) is 0 Å². The largest absolute Gasteiger partial charge is 0.478 e. The summed E-state index contributed by atoms with van der Waals surface area (Å²) in [5, 5.41) is 8.94. The first kappa shape index (κ1) is 13.1. The second kappa shape index (κ2) is 5.52. The van der Waals surface area contributed by atoms with Gasteiger partial charge in [-0.25, -0.2) is 4.79 Å². The van der Waals surface area contributed by atoms with E-state index in [4.69, 9.17) is 9.84 Å². The summed E-state index contributed by atoms with van der Waals surface area (Å²) < 4.78 is 5.72. The van der Waals surface area contributed by atoms with Gasteiger partial charge in [0, 0.05) is 5.69 Å². The van der Waals surface area contributed by atoms with E-state index in [1.807, 2.05) is 26.0 Å². The van der Waals surface area contributed by atoms with E-state index < -0.39 is 5.97 Å². The Bertz CT molecular complexity index is 608. The Morgan fingerprint density at radius 2 is 2.11 bits per heavy atom. The smallest absolute Gasteiger partial charge is 0.335 e. The van der Waals surface area contributed by atoms with Crippen LogP contribution in [0, 0.1) is 6.92 Å². The van der Waals surface area contributed by atoms with Gasteiger partial charge in [0.25, 0.3) is 0 Å². The minimum atomic E-state index is -0.969. The van der Waals surface area contributed by atoms with Gasteiger partial charge in [0.15, 0.2) is 0 Å². The third-order valence-electron chi connectivity index (χ3n) is 2.72. The lowest BCUT2D eigenvalue weighted by Gasteiger charge is -2.10. The van der Waals surface area contributed by atoms with Gasteiger partial charge in [-0.2, -0.15) is 0 Å². The highest BCUT2D eigenvalue weighted by Crippen LogP contribution is 2.25. The highest BCUT2D eigenvalue weighted by atomic mass is 16.5. The molecule has 98 valence electrons. The number of benzene rings is 1. The first-order valence-electron chi connectivity index (χ1n) is 6.08. The molecule has 0 fully saturated rings. The van der Waals surface area contributed by atoms with Crippen molar-refractivity contribution in [3.8, 4) is 11.5 Å². The number of aryl methyl sites for hydroxylation is 2. The van der Waals surface area contributed by atoms with Crippen molar-refractivity contribution in [2.45, 2.75) is 20.3 Å². The molecule has 19 heavy (non-hydrogen) atoms. The Labute approximate surface area is 111 Å². The summed E-state index contributed by atoms with van der Waals surface area (Å²) in [4.78, 5) is 15.3. The lowest BCUT2D eigenvalue weighted by molar-refractivity contribution is 0.0696. The Balaban J connectivity index is 2.30. The molecule has 1 aromatic carbocycles. The van der Waals surface area contributed by atoms with E-state index in [2.05, 4.69) is 4.98 Å². The molecule has 0 radical (unpaired) electrons. The molecule has 4 heteroatoms. The van der Waals surface area contributed by atoms with Crippen molar-refractivity contribution in [2.24, 2.45) is 0 Å². The minimum Gasteiger partial charge on any atom is -0.478 e. The van der Waals surface area contributed by atoms with E-state index in [1.54, 1.807) is 12.1 Å². The molecule has 1 N–H and O–H groups in total. The zero-order valence-corrected chi connectivity index (χ0v) is 10.9. The van der Waals surface area contributed by atoms with Crippen LogP contribution < -0.4 is 4.74 Å². The fourth-order valence-corrected chi connectivity index (χ4v) is 1.76. The van der Waals surface area contributed by atoms with Crippen LogP contribution in [0.1, 0.15) is 28.7 Å². The summed E-state index contributed by atoms with van der Waals surface area (Å²) in [6.45, 7) is 3.93. The molecule has 4 nitrogen and oxygen atoms in total. The molecule has 0 aliphatic carbocycles. The quantitative estimate of drug-likeness (QED) is 0.911. The second-order valence-electron chi connectivity index (χ2n) is 4.19. The standard InChI is InChI=1S/C15H15NO3/c1-3-13-14(8-7-10(2)16-13)19-12-6-4-5-11(9-12)15(17)18/h4-9H,3H2,1-2H3,(H,17,18). The Kier molecular flexibility index (Phi) is 3.80. The van der Waals surface area contributed by atoms with Crippen LogP contribution in [0.25, 0.3) is 0 Å². The molecule has 0 aliphatic heterocycles. The monoisotopic (exact) mass is 257 g/mol. The van der Waals surface area contributed by atoms with Crippen LogP contribution >= 0.6 is 0 Å². The molecule has 0 saturated heterocycles. The number of hydrogen-bond donors (Lipinski definition) is 1. The van der Waals surface area contributed by atoms with Gasteiger partial charge in [0.05, 0.1) is 11.3 Å². The predicted octanol–water partition coefficient (Wildman–Crippen LogP) is 3.44. The molecule has 2 aromatic rings. The SMILES string of the molecule is CCc1nc(C)ccc1Oc1cccc(C(=O)O)c1. The Morgan fingerprint density at radius 3 is 2.79 bits per heavy atom. The summed E-state index contributed by atoms with van der Waals surface area (Å²) in [5.74, 6) is 0.194. The van der Waals surface area contributed by atoms with Crippen LogP contribution in [0.5, 0.6) is 11.5 Å². The maximum Gasteiger partial charge on any atom is 0.335 e. The number of ether oxygens (including phenoxy) is 1. The van der Waals surface area contributed by atoms with Crippen molar-refractivity contribution in [1.82, 2.24) is 4.98 Å². The van der Waals surface area contributed by atoms with Gasteiger partial charge in [-0.05, 0) is 43.7 Å². The van der Waals surface area contributed by atoms with Gasteiger partial charge >= 0.3 is 5.97 Å². The number of carbonyl (C=O) groups is 1. The first-order chi connectivity index (χ1) is 9.10. The number of aromatic nitrogens is 1. The summed E-state index contributed by atoms with van der Waals surface area (Å²) >= 11 is 0. The zero-order chi connectivity index (χ0) is 13.8. The highest BCUT2D eigenvalue weighted by Gasteiger charge is 2.08. The Hall–Kier alpha value is -2.36. The highest BCUT2D eigenvalue weighted by molar-refractivity contribution is 5.88. The normalized spacial score (nSPS) is 10.2. The molecule has 0 aliphatic rings. The minimum absolute atomic E-state index is 0.204. The van der Waals surface area contributed by atoms with Gasteiger partial charge < -0.3 is 9.84 Å². The van der Waals surface area contributed by atoms with Crippen LogP contribution in [0.3, 0.4) is 0 Å². The summed E-state index contributed by atoms with van der Waals surface area (Å²) in [5.41, 5.74) is 2.00. The third kappa shape index (κ3) is 3.10. The van der Waals surface area contributed by atoms with Crippen molar-refractivity contribution in [1.29, 1.82) is 0 Å². The zero-order valence-electron chi connectivity index (χ0n) is 10.9. The van der Waals surface area contributed by atoms with Gasteiger partial charge in [-0.15, -0.1) is 0 Å². The number of pyridine rings is 1. The number of rotatable bonds is 4. The van der Waals surface area contributed by atoms with Crippen molar-refractivity contribution in [2.75, 3.05) is 0 Å². The van der Waals surface area contributed by atoms with Crippen molar-refractivity contribution in [3.63, 3.8) is 0 Å². The molecule has 0 unspecified atom stereocenters. The summed E-state index contributed by atoms with van der Waals surface area (Å²) in [6, 6.07) is 10.1. The Morgan fingerprint density at radius 1 is 1.32 bits per heavy atom. The predicted molar refractivity (Wildman–Crippen MR) is 71.8 cm³/mol. The topological polar surface area (TPSA) is 59.4 Å². The van der Waals surface area contributed by atoms with Gasteiger partial charge in [0.1, 0.15) is 11.5 Å². The molecule has 1 aromatic heterocycles. The van der Waals surface area contributed by atoms with Crippen LogP contribution in [0.15, 0.2) is 36.4 Å². The van der Waals surface area contributed by atoms with Crippen LogP contribution in [-0.4, -0.2) is 16.1 Å². The van der Waals surface area contributed by atoms with E-state index in [1.165, 1.54) is 12.1 Å². The maximum atomic E-state index is 10.9. The number of hydrogen-bond acceptors (Lipinski definition) is 3. The fourth-order valence-electron chi connectivity index (χ4n) is 1.76. The van der Waals surface area contributed by atoms with Crippen LogP contribution in [-0.2, 0) is 6.42 Å². The van der Waals surface area contributed by atoms with Crippen molar-refractivity contribution in [3.05, 3.63) is 53.3 Å². The van der Waals surface area contributed by atoms with E-state index in [0.717, 1.165) is 17.8 Å². The lowest BCUT2D eigenvalue weighted by Crippen LogP contribution is -1.98. The summed E-state index contributed by atoms with van der Waals surface area (Å²) in [6.07, 6.45) is 0.760. The number of carboxylic acid groups (broad SMARTS) is 1. The summed E-state index contributed by atoms with van der Waals surface area (Å²) in [7, 11) is 0. The molecule has 0 spiro atoms. The van der Waals surface area contributed by atoms with Crippen LogP contribution in [0.2, 0.25) is 0 Å². The molecule has 0 saturated carbocycles. The fraction of sp³-hybridized carbons (Fsp3) is 0.200. The maximum absolute atomic E-state index is 10.9. The van der Waals surface area contributed by atoms with E-state index in [9.17, 15) is 4.79 Å². The van der Waals surface area contributed by atoms with Crippen LogP contribution in [0.4, 0.5) is 0 Å². The van der Waals surface area contributed by atoms with E-state index in [0.29, 0.717) is 11.5 Å². The average Bonchev–Trinajstić information content (AvgIpc) is 2.41. The number of nitrogens with zero attached hydrogens (tertiary/aromatic N) is 1. The third-order valence-corrected chi connectivity index (χ3v) is 2.72. The molecule has 0 amide bonds. The van der Waals surface area contributed by atoms with E-state index >= 15 is 0 Å². The molecule has 0 bridgehead atoms. The average molecular weight is 257 g/mol. The van der Waals surface area contributed by atoms with E-state index in [-0.39, 0.29) is 5.56 Å². The lowest BCUT2D eigenvalue weighted by atomic mass is 10.2. The molecular weight excluding hydrogens is 242 g/mol. The van der Waals surface area contributed by atoms with Crippen molar-refractivity contribution >= 4 is 5.97 Å². The van der Waals surface area contributed by atoms with Gasteiger partial charge in [-0.1, -0.05) is 13.0 Å². The second-order valence-corrected chi connectivity index (χ2v) is 4.19. The number of aromatic carboxylic acids is 1. The first-order valence-corrected chi connectivity index (χ1v) is 6.08. The molecular formula is C15H15NO3. The molecule has 2 rings (SSSR count). The molecule has 0 atom stereocenters. The molecule has 1 heterocycles. The number of carboxylic acids is 1.